The van der Waals surface area contributed by atoms with E-state index in [9.17, 15) is 4.79 Å². The smallest absolute Gasteiger partial charge is 0.277 e. The van der Waals surface area contributed by atoms with Gasteiger partial charge in [0.1, 0.15) is 0 Å². The normalized spacial score (nSPS) is 30.2. The minimum absolute atomic E-state index is 0.116. The summed E-state index contributed by atoms with van der Waals surface area (Å²) >= 11 is 1.81. The van der Waals surface area contributed by atoms with Crippen molar-refractivity contribution >= 4 is 23.9 Å². The Labute approximate surface area is 189 Å². The predicted molar refractivity (Wildman–Crippen MR) is 127 cm³/mol. The van der Waals surface area contributed by atoms with Crippen LogP contribution < -0.4 is 5.32 Å². The van der Waals surface area contributed by atoms with Gasteiger partial charge in [0, 0.05) is 34.5 Å². The summed E-state index contributed by atoms with van der Waals surface area (Å²) in [6, 6.07) is 15.1. The molecule has 1 heterocycles. The van der Waals surface area contributed by atoms with Crippen LogP contribution in [0.15, 0.2) is 52.4 Å². The highest BCUT2D eigenvalue weighted by Crippen LogP contribution is 2.55. The predicted octanol–water partition coefficient (Wildman–Crippen LogP) is 5.65. The number of nitrogens with one attached hydrogen (secondary N) is 1. The molecule has 5 aliphatic rings. The van der Waals surface area contributed by atoms with Gasteiger partial charge in [0.15, 0.2) is 0 Å². The van der Waals surface area contributed by atoms with Crippen LogP contribution in [0.1, 0.15) is 65.6 Å². The molecule has 31 heavy (non-hydrogen) atoms. The average molecular weight is 431 g/mol. The van der Waals surface area contributed by atoms with Crippen LogP contribution in [0.3, 0.4) is 0 Å². The molecule has 160 valence electrons. The summed E-state index contributed by atoms with van der Waals surface area (Å²) in [6.07, 6.45) is 11.5. The molecule has 1 N–H and O–H groups in total. The van der Waals surface area contributed by atoms with E-state index in [0.29, 0.717) is 5.54 Å². The summed E-state index contributed by atoms with van der Waals surface area (Å²) in [5.74, 6) is 3.87. The van der Waals surface area contributed by atoms with Crippen molar-refractivity contribution in [3.8, 4) is 0 Å². The van der Waals surface area contributed by atoms with Crippen molar-refractivity contribution in [2.75, 3.05) is 5.75 Å². The maximum absolute atomic E-state index is 11.8. The van der Waals surface area contributed by atoms with Gasteiger partial charge < -0.3 is 5.32 Å². The molecule has 4 fully saturated rings. The van der Waals surface area contributed by atoms with Crippen molar-refractivity contribution in [1.82, 2.24) is 5.32 Å². The molecule has 7 rings (SSSR count). The highest BCUT2D eigenvalue weighted by atomic mass is 32.2. The van der Waals surface area contributed by atoms with E-state index in [4.69, 9.17) is 0 Å². The molecule has 2 aromatic rings. The zero-order valence-electron chi connectivity index (χ0n) is 18.0. The molecule has 0 saturated heterocycles. The fraction of sp³-hybridized carbons (Fsp3) is 0.481. The Morgan fingerprint density at radius 3 is 2.32 bits per heavy atom. The highest BCUT2D eigenvalue weighted by molar-refractivity contribution is 7.99. The lowest BCUT2D eigenvalue weighted by Gasteiger charge is -2.57. The van der Waals surface area contributed by atoms with Gasteiger partial charge in [0.2, 0.25) is 0 Å². The SMILES string of the molecule is O=C1N=Cc2c(SCCc3ccc(CNC45CC6CC(CC(C6)C4)C5)cc3)cccc21. The van der Waals surface area contributed by atoms with E-state index in [0.717, 1.165) is 52.5 Å². The first kappa shape index (κ1) is 19.8. The molecule has 0 atom stereocenters. The third-order valence-corrected chi connectivity index (χ3v) is 9.06. The van der Waals surface area contributed by atoms with E-state index >= 15 is 0 Å². The molecule has 0 radical (unpaired) electrons. The van der Waals surface area contributed by atoms with Crippen LogP contribution in [-0.2, 0) is 13.0 Å². The molecule has 0 unspecified atom stereocenters. The van der Waals surface area contributed by atoms with E-state index in [1.165, 1.54) is 49.7 Å². The van der Waals surface area contributed by atoms with Crippen molar-refractivity contribution in [3.05, 3.63) is 64.7 Å². The van der Waals surface area contributed by atoms with Crippen molar-refractivity contribution in [2.24, 2.45) is 22.7 Å². The topological polar surface area (TPSA) is 41.5 Å². The van der Waals surface area contributed by atoms with Gasteiger partial charge in [0.05, 0.1) is 5.56 Å². The molecule has 1 amide bonds. The van der Waals surface area contributed by atoms with Gasteiger partial charge >= 0.3 is 0 Å². The van der Waals surface area contributed by atoms with E-state index < -0.39 is 0 Å². The standard InChI is InChI=1S/C27H30N2OS/c30-26-23-2-1-3-25(24(23)17-28-26)31-9-8-18-4-6-19(7-5-18)16-29-27-13-20-10-21(14-27)12-22(11-20)15-27/h1-7,17,20-22,29H,8-16H2. The van der Waals surface area contributed by atoms with Gasteiger partial charge in [-0.3, -0.25) is 4.79 Å². The molecule has 2 aromatic carbocycles. The van der Waals surface area contributed by atoms with Crippen LogP contribution in [0.5, 0.6) is 0 Å². The average Bonchev–Trinajstić information content (AvgIpc) is 3.14. The zero-order valence-corrected chi connectivity index (χ0v) is 18.8. The number of aliphatic imine (C=N–C) groups is 1. The van der Waals surface area contributed by atoms with Crippen LogP contribution in [0.25, 0.3) is 0 Å². The zero-order chi connectivity index (χ0) is 20.8. The second-order valence-electron chi connectivity index (χ2n) is 10.2. The number of carbonyl (C=O) groups is 1. The van der Waals surface area contributed by atoms with Gasteiger partial charge in [0.25, 0.3) is 5.91 Å². The van der Waals surface area contributed by atoms with Gasteiger partial charge in [-0.25, -0.2) is 4.99 Å². The third-order valence-electron chi connectivity index (χ3n) is 7.98. The number of thioether (sulfide) groups is 1. The van der Waals surface area contributed by atoms with E-state index in [-0.39, 0.29) is 5.91 Å². The van der Waals surface area contributed by atoms with Crippen LogP contribution in [0.4, 0.5) is 0 Å². The number of fused-ring (bicyclic) bond motifs is 1. The fourth-order valence-electron chi connectivity index (χ4n) is 6.90. The summed E-state index contributed by atoms with van der Waals surface area (Å²) in [6.45, 7) is 1.00. The van der Waals surface area contributed by atoms with Crippen molar-refractivity contribution in [3.63, 3.8) is 0 Å². The Morgan fingerprint density at radius 2 is 1.61 bits per heavy atom. The molecular weight excluding hydrogens is 400 g/mol. The largest absolute Gasteiger partial charge is 0.307 e. The van der Waals surface area contributed by atoms with E-state index in [1.54, 1.807) is 6.21 Å². The molecule has 4 saturated carbocycles. The van der Waals surface area contributed by atoms with Gasteiger partial charge in [-0.05, 0) is 86.0 Å². The summed E-state index contributed by atoms with van der Waals surface area (Å²) in [5.41, 5.74) is 4.95. The maximum Gasteiger partial charge on any atom is 0.277 e. The Morgan fingerprint density at radius 1 is 0.935 bits per heavy atom. The Hall–Kier alpha value is -1.91. The lowest BCUT2D eigenvalue weighted by Crippen LogP contribution is -2.58. The van der Waals surface area contributed by atoms with Crippen LogP contribution in [0.2, 0.25) is 0 Å². The summed E-state index contributed by atoms with van der Waals surface area (Å²) < 4.78 is 0. The van der Waals surface area contributed by atoms with E-state index in [2.05, 4.69) is 40.6 Å². The Kier molecular flexibility index (Phi) is 5.03. The number of aryl methyl sites for hydroxylation is 1. The van der Waals surface area contributed by atoms with E-state index in [1.807, 2.05) is 23.9 Å². The summed E-state index contributed by atoms with van der Waals surface area (Å²) in [5, 5.41) is 4.01. The van der Waals surface area contributed by atoms with Crippen molar-refractivity contribution < 1.29 is 4.79 Å². The minimum Gasteiger partial charge on any atom is -0.307 e. The molecule has 3 nitrogen and oxygen atoms in total. The lowest BCUT2D eigenvalue weighted by molar-refractivity contribution is -0.0206. The molecular formula is C27H30N2OS. The molecule has 0 aromatic heterocycles. The lowest BCUT2D eigenvalue weighted by atomic mass is 9.53. The minimum atomic E-state index is -0.116. The molecule has 4 bridgehead atoms. The number of hydrogen-bond donors (Lipinski definition) is 1. The third kappa shape index (κ3) is 3.89. The fourth-order valence-corrected chi connectivity index (χ4v) is 7.95. The summed E-state index contributed by atoms with van der Waals surface area (Å²) in [4.78, 5) is 16.9. The first-order valence-electron chi connectivity index (χ1n) is 11.8. The Bertz CT molecular complexity index is 991. The molecule has 1 aliphatic heterocycles. The monoisotopic (exact) mass is 430 g/mol. The van der Waals surface area contributed by atoms with Crippen molar-refractivity contribution in [2.45, 2.75) is 61.9 Å². The van der Waals surface area contributed by atoms with Crippen LogP contribution in [0, 0.1) is 17.8 Å². The maximum atomic E-state index is 11.8. The van der Waals surface area contributed by atoms with Crippen LogP contribution >= 0.6 is 11.8 Å². The van der Waals surface area contributed by atoms with Gasteiger partial charge in [-0.2, -0.15) is 0 Å². The molecule has 0 spiro atoms. The first-order chi connectivity index (χ1) is 15.2. The van der Waals surface area contributed by atoms with Crippen molar-refractivity contribution in [1.29, 1.82) is 0 Å². The number of benzene rings is 2. The number of nitrogens with zero attached hydrogens (tertiary/aromatic N) is 1. The molecule has 4 aliphatic carbocycles. The highest BCUT2D eigenvalue weighted by Gasteiger charge is 2.50. The van der Waals surface area contributed by atoms with Gasteiger partial charge in [-0.1, -0.05) is 30.3 Å². The second-order valence-corrected chi connectivity index (χ2v) is 11.4. The Balaban J connectivity index is 1.02. The quantitative estimate of drug-likeness (QED) is 0.577. The number of amides is 1. The van der Waals surface area contributed by atoms with Gasteiger partial charge in [-0.15, -0.1) is 11.8 Å². The molecule has 4 heteroatoms. The summed E-state index contributed by atoms with van der Waals surface area (Å²) in [7, 11) is 0. The number of carbonyl (C=O) groups excluding carboxylic acids is 1. The first-order valence-corrected chi connectivity index (χ1v) is 12.8. The number of rotatable bonds is 7. The number of hydrogen-bond acceptors (Lipinski definition) is 3. The second kappa shape index (κ2) is 7.90. The van der Waals surface area contributed by atoms with Crippen LogP contribution in [-0.4, -0.2) is 23.4 Å².